The van der Waals surface area contributed by atoms with Crippen LogP contribution >= 0.6 is 0 Å². The molecule has 0 saturated carbocycles. The van der Waals surface area contributed by atoms with Gasteiger partial charge in [0.2, 0.25) is 11.6 Å². The normalized spacial score (nSPS) is 14.6. The highest BCUT2D eigenvalue weighted by atomic mass is 19.1. The summed E-state index contributed by atoms with van der Waals surface area (Å²) >= 11 is 0. The minimum Gasteiger partial charge on any atom is -0.493 e. The average molecular weight is 286 g/mol. The van der Waals surface area contributed by atoms with Gasteiger partial charge in [-0.25, -0.2) is 4.79 Å². The molecule has 0 saturated heterocycles. The van der Waals surface area contributed by atoms with Crippen LogP contribution in [0.15, 0.2) is 6.07 Å². The van der Waals surface area contributed by atoms with Gasteiger partial charge in [-0.05, 0) is 13.0 Å². The van der Waals surface area contributed by atoms with Gasteiger partial charge < -0.3 is 24.1 Å². The van der Waals surface area contributed by atoms with Gasteiger partial charge in [0, 0.05) is 5.56 Å². The molecule has 1 atom stereocenters. The van der Waals surface area contributed by atoms with E-state index in [0.717, 1.165) is 0 Å². The van der Waals surface area contributed by atoms with Crippen molar-refractivity contribution in [1.82, 2.24) is 0 Å². The Balaban J connectivity index is 2.46. The zero-order valence-electron chi connectivity index (χ0n) is 11.1. The van der Waals surface area contributed by atoms with Crippen LogP contribution in [0.25, 0.3) is 0 Å². The molecule has 1 aromatic rings. The number of ether oxygens (including phenoxy) is 4. The molecule has 1 unspecified atom stereocenters. The van der Waals surface area contributed by atoms with Gasteiger partial charge in [0.15, 0.2) is 17.6 Å². The molecule has 0 bridgehead atoms. The lowest BCUT2D eigenvalue weighted by Crippen LogP contribution is -2.20. The maximum Gasteiger partial charge on any atom is 0.339 e. The van der Waals surface area contributed by atoms with Crippen LogP contribution in [-0.4, -0.2) is 38.0 Å². The summed E-state index contributed by atoms with van der Waals surface area (Å²) in [6.45, 7) is 2.18. The van der Waals surface area contributed by atoms with E-state index in [9.17, 15) is 14.3 Å². The van der Waals surface area contributed by atoms with Crippen LogP contribution in [-0.2, 0) is 9.53 Å². The number of benzene rings is 1. The molecule has 0 radical (unpaired) electrons. The maximum absolute atomic E-state index is 14.2. The Morgan fingerprint density at radius 3 is 2.85 bits per heavy atom. The molecule has 6 nitrogen and oxygen atoms in total. The van der Waals surface area contributed by atoms with Gasteiger partial charge in [-0.15, -0.1) is 0 Å². The molecule has 1 aliphatic rings. The number of aliphatic hydroxyl groups is 1. The van der Waals surface area contributed by atoms with Gasteiger partial charge in [-0.2, -0.15) is 4.39 Å². The van der Waals surface area contributed by atoms with E-state index in [1.165, 1.54) is 13.2 Å². The van der Waals surface area contributed by atoms with E-state index in [-0.39, 0.29) is 42.6 Å². The molecular weight excluding hydrogens is 271 g/mol. The topological polar surface area (TPSA) is 74.2 Å². The first-order valence-electron chi connectivity index (χ1n) is 6.10. The van der Waals surface area contributed by atoms with Crippen LogP contribution in [0.4, 0.5) is 4.39 Å². The molecule has 1 aromatic carbocycles. The van der Waals surface area contributed by atoms with E-state index in [0.29, 0.717) is 0 Å². The lowest BCUT2D eigenvalue weighted by molar-refractivity contribution is -0.153. The Kier molecular flexibility index (Phi) is 4.29. The third-order valence-corrected chi connectivity index (χ3v) is 2.77. The third-order valence-electron chi connectivity index (χ3n) is 2.77. The Morgan fingerprint density at radius 1 is 1.50 bits per heavy atom. The quantitative estimate of drug-likeness (QED) is 0.838. The average Bonchev–Trinajstić information content (AvgIpc) is 2.46. The van der Waals surface area contributed by atoms with Crippen LogP contribution in [0, 0.1) is 5.82 Å². The van der Waals surface area contributed by atoms with E-state index < -0.39 is 17.9 Å². The molecule has 2 rings (SSSR count). The van der Waals surface area contributed by atoms with Crippen LogP contribution in [0.2, 0.25) is 0 Å². The summed E-state index contributed by atoms with van der Waals surface area (Å²) in [6.07, 6.45) is -1.66. The summed E-state index contributed by atoms with van der Waals surface area (Å²) in [6, 6.07) is 1.32. The Labute approximate surface area is 115 Å². The Bertz CT molecular complexity index is 516. The second-order valence-corrected chi connectivity index (χ2v) is 3.99. The van der Waals surface area contributed by atoms with E-state index in [2.05, 4.69) is 0 Å². The van der Waals surface area contributed by atoms with Gasteiger partial charge in [0.05, 0.1) is 13.7 Å². The number of halogens is 1. The molecular formula is C13H15FO6. The minimum absolute atomic E-state index is 0.0623. The van der Waals surface area contributed by atoms with Crippen molar-refractivity contribution in [2.24, 2.45) is 0 Å². The van der Waals surface area contributed by atoms with Crippen molar-refractivity contribution in [1.29, 1.82) is 0 Å². The zero-order valence-corrected chi connectivity index (χ0v) is 11.1. The van der Waals surface area contributed by atoms with Crippen molar-refractivity contribution < 1.29 is 33.2 Å². The predicted octanol–water partition coefficient (Wildman–Crippen LogP) is 1.20. The SMILES string of the molecule is CCOC(=O)C(O)c1cc2c(c(F)c1OC)OCCO2. The van der Waals surface area contributed by atoms with Crippen molar-refractivity contribution in [3.05, 3.63) is 17.4 Å². The second-order valence-electron chi connectivity index (χ2n) is 3.99. The maximum atomic E-state index is 14.2. The minimum atomic E-state index is -1.66. The summed E-state index contributed by atoms with van der Waals surface area (Å²) in [5, 5.41) is 9.94. The third kappa shape index (κ3) is 2.49. The number of rotatable bonds is 4. The van der Waals surface area contributed by atoms with Crippen molar-refractivity contribution in [2.75, 3.05) is 26.9 Å². The molecule has 7 heteroatoms. The van der Waals surface area contributed by atoms with E-state index in [4.69, 9.17) is 18.9 Å². The van der Waals surface area contributed by atoms with Crippen molar-refractivity contribution >= 4 is 5.97 Å². The number of esters is 1. The summed E-state index contributed by atoms with van der Waals surface area (Å²) in [7, 11) is 1.23. The van der Waals surface area contributed by atoms with E-state index in [1.54, 1.807) is 6.92 Å². The molecule has 0 aliphatic carbocycles. The smallest absolute Gasteiger partial charge is 0.339 e. The number of carbonyl (C=O) groups excluding carboxylic acids is 1. The first-order valence-corrected chi connectivity index (χ1v) is 6.10. The molecule has 0 amide bonds. The zero-order chi connectivity index (χ0) is 14.7. The highest BCUT2D eigenvalue weighted by Gasteiger charge is 2.30. The highest BCUT2D eigenvalue weighted by Crippen LogP contribution is 2.42. The number of hydrogen-bond acceptors (Lipinski definition) is 6. The van der Waals surface area contributed by atoms with E-state index in [1.807, 2.05) is 0 Å². The van der Waals surface area contributed by atoms with Gasteiger partial charge >= 0.3 is 5.97 Å². The Hall–Kier alpha value is -2.02. The standard InChI is InChI=1S/C13H15FO6/c1-3-18-13(16)10(15)7-6-8-12(20-5-4-19-8)9(14)11(7)17-2/h6,10,15H,3-5H2,1-2H3. The molecule has 110 valence electrons. The number of aliphatic hydroxyl groups excluding tert-OH is 1. The highest BCUT2D eigenvalue weighted by molar-refractivity contribution is 5.78. The molecule has 1 aliphatic heterocycles. The Morgan fingerprint density at radius 2 is 2.20 bits per heavy atom. The van der Waals surface area contributed by atoms with Crippen molar-refractivity contribution in [3.63, 3.8) is 0 Å². The fourth-order valence-electron chi connectivity index (χ4n) is 1.91. The fourth-order valence-corrected chi connectivity index (χ4v) is 1.91. The number of hydrogen-bond donors (Lipinski definition) is 1. The van der Waals surface area contributed by atoms with Crippen LogP contribution < -0.4 is 14.2 Å². The summed E-state index contributed by atoms with van der Waals surface area (Å²) in [5.74, 6) is -1.94. The lowest BCUT2D eigenvalue weighted by Gasteiger charge is -2.22. The molecule has 1 heterocycles. The van der Waals surface area contributed by atoms with Crippen LogP contribution in [0.5, 0.6) is 17.2 Å². The van der Waals surface area contributed by atoms with Gasteiger partial charge in [0.1, 0.15) is 13.2 Å². The number of carbonyl (C=O) groups is 1. The first kappa shape index (κ1) is 14.4. The molecule has 0 spiro atoms. The van der Waals surface area contributed by atoms with Crippen molar-refractivity contribution in [3.8, 4) is 17.2 Å². The van der Waals surface area contributed by atoms with Gasteiger partial charge in [0.25, 0.3) is 0 Å². The van der Waals surface area contributed by atoms with Gasteiger partial charge in [-0.1, -0.05) is 0 Å². The second kappa shape index (κ2) is 5.96. The molecule has 1 N–H and O–H groups in total. The molecule has 0 fully saturated rings. The summed E-state index contributed by atoms with van der Waals surface area (Å²) in [4.78, 5) is 11.6. The first-order chi connectivity index (χ1) is 9.60. The molecule has 20 heavy (non-hydrogen) atoms. The van der Waals surface area contributed by atoms with Crippen molar-refractivity contribution in [2.45, 2.75) is 13.0 Å². The largest absolute Gasteiger partial charge is 0.493 e. The van der Waals surface area contributed by atoms with Gasteiger partial charge in [-0.3, -0.25) is 0 Å². The van der Waals surface area contributed by atoms with Crippen LogP contribution in [0.3, 0.4) is 0 Å². The summed E-state index contributed by atoms with van der Waals surface area (Å²) in [5.41, 5.74) is -0.0623. The number of fused-ring (bicyclic) bond motifs is 1. The lowest BCUT2D eigenvalue weighted by atomic mass is 10.1. The summed E-state index contributed by atoms with van der Waals surface area (Å²) < 4.78 is 34.3. The number of methoxy groups -OCH3 is 1. The predicted molar refractivity (Wildman–Crippen MR) is 65.5 cm³/mol. The fraction of sp³-hybridized carbons (Fsp3) is 0.462. The monoisotopic (exact) mass is 286 g/mol. The van der Waals surface area contributed by atoms with Crippen LogP contribution in [0.1, 0.15) is 18.6 Å². The van der Waals surface area contributed by atoms with E-state index >= 15 is 0 Å². The molecule has 0 aromatic heterocycles.